The maximum Gasteiger partial charge on any atom is 0.181 e. The van der Waals surface area contributed by atoms with Crippen LogP contribution in [-0.4, -0.2) is 37.5 Å². The number of halogens is 1. The number of sulfone groups is 1. The van der Waals surface area contributed by atoms with Crippen molar-refractivity contribution >= 4 is 21.4 Å². The molecule has 0 aliphatic rings. The second-order valence-electron chi connectivity index (χ2n) is 5.52. The lowest BCUT2D eigenvalue weighted by Crippen LogP contribution is -2.42. The number of nitrogens with one attached hydrogen (secondary N) is 1. The SMILES string of the molecule is CC(C)(C)NCC(O)CS(=O)(=O)c1cccc(Cl)c1. The number of hydrogen-bond acceptors (Lipinski definition) is 4. The quantitative estimate of drug-likeness (QED) is 0.871. The topological polar surface area (TPSA) is 66.4 Å². The van der Waals surface area contributed by atoms with Gasteiger partial charge in [0, 0.05) is 17.1 Å². The van der Waals surface area contributed by atoms with Crippen LogP contribution in [0.2, 0.25) is 5.02 Å². The summed E-state index contributed by atoms with van der Waals surface area (Å²) in [4.78, 5) is 0.134. The largest absolute Gasteiger partial charge is 0.391 e. The summed E-state index contributed by atoms with van der Waals surface area (Å²) in [7, 11) is -3.52. The molecular weight excluding hydrogens is 286 g/mol. The van der Waals surface area contributed by atoms with E-state index in [0.29, 0.717) is 5.02 Å². The fraction of sp³-hybridized carbons (Fsp3) is 0.538. The van der Waals surface area contributed by atoms with E-state index in [1.165, 1.54) is 12.1 Å². The van der Waals surface area contributed by atoms with E-state index < -0.39 is 15.9 Å². The Labute approximate surface area is 119 Å². The van der Waals surface area contributed by atoms with Gasteiger partial charge in [0.05, 0.1) is 16.8 Å². The Balaban J connectivity index is 2.70. The van der Waals surface area contributed by atoms with Crippen molar-refractivity contribution in [1.29, 1.82) is 0 Å². The second kappa shape index (κ2) is 6.22. The molecule has 0 aromatic heterocycles. The van der Waals surface area contributed by atoms with Crippen LogP contribution in [0.5, 0.6) is 0 Å². The predicted molar refractivity (Wildman–Crippen MR) is 77.3 cm³/mol. The molecule has 1 atom stereocenters. The van der Waals surface area contributed by atoms with Crippen molar-refractivity contribution < 1.29 is 13.5 Å². The average molecular weight is 306 g/mol. The van der Waals surface area contributed by atoms with Crippen molar-refractivity contribution in [2.45, 2.75) is 37.3 Å². The molecule has 1 rings (SSSR count). The van der Waals surface area contributed by atoms with Gasteiger partial charge in [-0.3, -0.25) is 0 Å². The normalized spacial score (nSPS) is 14.4. The van der Waals surface area contributed by atoms with Gasteiger partial charge in [-0.25, -0.2) is 8.42 Å². The standard InChI is InChI=1S/C13H20ClNO3S/c1-13(2,3)15-8-11(16)9-19(17,18)12-6-4-5-10(14)7-12/h4-7,11,15-16H,8-9H2,1-3H3. The van der Waals surface area contributed by atoms with Crippen molar-refractivity contribution in [3.63, 3.8) is 0 Å². The van der Waals surface area contributed by atoms with Crippen molar-refractivity contribution in [2.24, 2.45) is 0 Å². The minimum atomic E-state index is -3.52. The number of β-amino-alcohol motifs (C(OH)–C–C–N with tert-alkyl or cyclic N) is 1. The lowest BCUT2D eigenvalue weighted by atomic mass is 10.1. The van der Waals surface area contributed by atoms with E-state index in [1.807, 2.05) is 20.8 Å². The molecular formula is C13H20ClNO3S. The maximum atomic E-state index is 12.1. The Kier molecular flexibility index (Phi) is 5.38. The molecule has 108 valence electrons. The van der Waals surface area contributed by atoms with Crippen LogP contribution in [0.15, 0.2) is 29.2 Å². The first-order valence-corrected chi connectivity index (χ1v) is 8.04. The lowest BCUT2D eigenvalue weighted by Gasteiger charge is -2.22. The smallest absolute Gasteiger partial charge is 0.181 e. The van der Waals surface area contributed by atoms with E-state index in [2.05, 4.69) is 5.32 Å². The highest BCUT2D eigenvalue weighted by atomic mass is 35.5. The zero-order chi connectivity index (χ0) is 14.7. The van der Waals surface area contributed by atoms with Gasteiger partial charge in [-0.2, -0.15) is 0 Å². The lowest BCUT2D eigenvalue weighted by molar-refractivity contribution is 0.181. The zero-order valence-corrected chi connectivity index (χ0v) is 12.9. The summed E-state index contributed by atoms with van der Waals surface area (Å²) in [5.74, 6) is -0.323. The Hall–Kier alpha value is -0.620. The third kappa shape index (κ3) is 5.91. The fourth-order valence-electron chi connectivity index (χ4n) is 1.49. The molecule has 0 spiro atoms. The summed E-state index contributed by atoms with van der Waals surface area (Å²) in [6, 6.07) is 6.05. The summed E-state index contributed by atoms with van der Waals surface area (Å²) in [6.07, 6.45) is -0.955. The molecule has 0 saturated heterocycles. The van der Waals surface area contributed by atoms with Gasteiger partial charge in [-0.1, -0.05) is 17.7 Å². The van der Waals surface area contributed by atoms with Crippen molar-refractivity contribution in [2.75, 3.05) is 12.3 Å². The minimum absolute atomic E-state index is 0.134. The van der Waals surface area contributed by atoms with Crippen LogP contribution < -0.4 is 5.32 Å². The van der Waals surface area contributed by atoms with Gasteiger partial charge < -0.3 is 10.4 Å². The number of rotatable bonds is 5. The molecule has 0 amide bonds. The first-order chi connectivity index (χ1) is 8.60. The first kappa shape index (κ1) is 16.4. The summed E-state index contributed by atoms with van der Waals surface area (Å²) >= 11 is 5.77. The molecule has 1 aromatic rings. The van der Waals surface area contributed by atoms with Crippen LogP contribution in [0, 0.1) is 0 Å². The van der Waals surface area contributed by atoms with Crippen LogP contribution >= 0.6 is 11.6 Å². The molecule has 19 heavy (non-hydrogen) atoms. The van der Waals surface area contributed by atoms with E-state index in [1.54, 1.807) is 12.1 Å². The van der Waals surface area contributed by atoms with E-state index in [0.717, 1.165) is 0 Å². The van der Waals surface area contributed by atoms with Gasteiger partial charge in [-0.05, 0) is 39.0 Å². The van der Waals surface area contributed by atoms with Crippen LogP contribution in [0.4, 0.5) is 0 Å². The Bertz CT molecular complexity index is 523. The molecule has 0 saturated carbocycles. The molecule has 6 heteroatoms. The third-order valence-electron chi connectivity index (χ3n) is 2.44. The summed E-state index contributed by atoms with van der Waals surface area (Å²) in [6.45, 7) is 6.07. The highest BCUT2D eigenvalue weighted by molar-refractivity contribution is 7.91. The number of aliphatic hydroxyl groups excluding tert-OH is 1. The highest BCUT2D eigenvalue weighted by Crippen LogP contribution is 2.17. The number of aliphatic hydroxyl groups is 1. The molecule has 0 aliphatic heterocycles. The third-order valence-corrected chi connectivity index (χ3v) is 4.47. The Morgan fingerprint density at radius 1 is 1.37 bits per heavy atom. The maximum absolute atomic E-state index is 12.1. The van der Waals surface area contributed by atoms with Crippen LogP contribution in [0.1, 0.15) is 20.8 Å². The summed E-state index contributed by atoms with van der Waals surface area (Å²) in [5.41, 5.74) is -0.166. The highest BCUT2D eigenvalue weighted by Gasteiger charge is 2.21. The van der Waals surface area contributed by atoms with Gasteiger partial charge in [0.15, 0.2) is 9.84 Å². The van der Waals surface area contributed by atoms with Gasteiger partial charge >= 0.3 is 0 Å². The predicted octanol–water partition coefficient (Wildman–Crippen LogP) is 1.86. The van der Waals surface area contributed by atoms with E-state index in [9.17, 15) is 13.5 Å². The molecule has 0 fully saturated rings. The molecule has 2 N–H and O–H groups in total. The second-order valence-corrected chi connectivity index (χ2v) is 7.99. The molecule has 0 aliphatic carbocycles. The molecule has 0 heterocycles. The van der Waals surface area contributed by atoms with Gasteiger partial charge in [0.25, 0.3) is 0 Å². The fourth-order valence-corrected chi connectivity index (χ4v) is 3.16. The minimum Gasteiger partial charge on any atom is -0.391 e. The molecule has 1 unspecified atom stereocenters. The monoisotopic (exact) mass is 305 g/mol. The summed E-state index contributed by atoms with van der Waals surface area (Å²) in [5, 5.41) is 13.2. The van der Waals surface area contributed by atoms with E-state index in [4.69, 9.17) is 11.6 Å². The van der Waals surface area contributed by atoms with Crippen LogP contribution in [0.3, 0.4) is 0 Å². The first-order valence-electron chi connectivity index (χ1n) is 6.01. The van der Waals surface area contributed by atoms with Crippen molar-refractivity contribution in [3.8, 4) is 0 Å². The van der Waals surface area contributed by atoms with E-state index >= 15 is 0 Å². The van der Waals surface area contributed by atoms with Gasteiger partial charge in [-0.15, -0.1) is 0 Å². The van der Waals surface area contributed by atoms with Crippen molar-refractivity contribution in [3.05, 3.63) is 29.3 Å². The Morgan fingerprint density at radius 2 is 2.00 bits per heavy atom. The average Bonchev–Trinajstić information content (AvgIpc) is 2.25. The Morgan fingerprint density at radius 3 is 2.53 bits per heavy atom. The molecule has 1 aromatic carbocycles. The van der Waals surface area contributed by atoms with Gasteiger partial charge in [0.2, 0.25) is 0 Å². The molecule has 0 bridgehead atoms. The van der Waals surface area contributed by atoms with Crippen LogP contribution in [0.25, 0.3) is 0 Å². The number of benzene rings is 1. The number of hydrogen-bond donors (Lipinski definition) is 2. The summed E-state index contributed by atoms with van der Waals surface area (Å²) < 4.78 is 24.1. The van der Waals surface area contributed by atoms with Crippen molar-refractivity contribution in [1.82, 2.24) is 5.32 Å². The van der Waals surface area contributed by atoms with Crippen LogP contribution in [-0.2, 0) is 9.84 Å². The van der Waals surface area contributed by atoms with Gasteiger partial charge in [0.1, 0.15) is 0 Å². The molecule has 0 radical (unpaired) electrons. The zero-order valence-electron chi connectivity index (χ0n) is 11.4. The van der Waals surface area contributed by atoms with E-state index in [-0.39, 0.29) is 22.7 Å². The molecule has 4 nitrogen and oxygen atoms in total.